The second kappa shape index (κ2) is 7.71. The second-order valence-electron chi connectivity index (χ2n) is 9.87. The summed E-state index contributed by atoms with van der Waals surface area (Å²) in [4.78, 5) is 37.9. The number of nitrogens with one attached hydrogen (secondary N) is 3. The molecule has 150 valence electrons. The lowest BCUT2D eigenvalue weighted by molar-refractivity contribution is 0.0881. The van der Waals surface area contributed by atoms with Crippen molar-refractivity contribution in [2.24, 2.45) is 0 Å². The van der Waals surface area contributed by atoms with Gasteiger partial charge in [0.15, 0.2) is 0 Å². The normalized spacial score (nSPS) is 12.3. The van der Waals surface area contributed by atoms with Crippen molar-refractivity contribution < 1.29 is 14.4 Å². The Bertz CT molecular complexity index is 733. The van der Waals surface area contributed by atoms with Crippen molar-refractivity contribution in [2.75, 3.05) is 0 Å². The molecule has 0 fully saturated rings. The Morgan fingerprint density at radius 3 is 1.37 bits per heavy atom. The molecular formula is C21H33N3O3. The van der Waals surface area contributed by atoms with Crippen LogP contribution >= 0.6 is 0 Å². The summed E-state index contributed by atoms with van der Waals surface area (Å²) in [6.45, 7) is 16.8. The van der Waals surface area contributed by atoms with E-state index in [-0.39, 0.29) is 22.9 Å². The van der Waals surface area contributed by atoms with E-state index >= 15 is 0 Å². The first-order valence-electron chi connectivity index (χ1n) is 9.10. The van der Waals surface area contributed by atoms with E-state index in [1.165, 1.54) is 12.1 Å². The van der Waals surface area contributed by atoms with Crippen LogP contribution in [0.25, 0.3) is 0 Å². The molecule has 0 saturated heterocycles. The van der Waals surface area contributed by atoms with Gasteiger partial charge in [0, 0.05) is 22.2 Å². The van der Waals surface area contributed by atoms with Crippen LogP contribution in [0.5, 0.6) is 0 Å². The van der Waals surface area contributed by atoms with Crippen LogP contribution in [0.4, 0.5) is 0 Å². The van der Waals surface area contributed by atoms with Crippen molar-refractivity contribution >= 4 is 17.7 Å². The Hall–Kier alpha value is -2.37. The van der Waals surface area contributed by atoms with E-state index in [9.17, 15) is 14.4 Å². The third kappa shape index (κ3) is 7.81. The van der Waals surface area contributed by atoms with Gasteiger partial charge in [-0.1, -0.05) is 0 Å². The fourth-order valence-electron chi connectivity index (χ4n) is 2.30. The summed E-state index contributed by atoms with van der Waals surface area (Å²) < 4.78 is 0. The van der Waals surface area contributed by atoms with E-state index in [0.717, 1.165) is 0 Å². The average Bonchev–Trinajstić information content (AvgIpc) is 2.41. The molecule has 0 aliphatic rings. The summed E-state index contributed by atoms with van der Waals surface area (Å²) in [6.07, 6.45) is 0. The summed E-state index contributed by atoms with van der Waals surface area (Å²) in [6, 6.07) is 4.56. The monoisotopic (exact) mass is 375 g/mol. The number of amides is 3. The Labute approximate surface area is 162 Å². The van der Waals surface area contributed by atoms with Gasteiger partial charge in [-0.25, -0.2) is 0 Å². The van der Waals surface area contributed by atoms with Crippen LogP contribution in [0, 0.1) is 0 Å². The van der Waals surface area contributed by atoms with E-state index in [0.29, 0.717) is 5.56 Å². The third-order valence-electron chi connectivity index (χ3n) is 3.24. The first-order chi connectivity index (χ1) is 12.0. The first-order valence-corrected chi connectivity index (χ1v) is 9.10. The molecule has 1 aromatic rings. The maximum absolute atomic E-state index is 12.8. The van der Waals surface area contributed by atoms with Crippen LogP contribution in [0.15, 0.2) is 18.2 Å². The summed E-state index contributed by atoms with van der Waals surface area (Å²) in [7, 11) is 0. The Kier molecular flexibility index (Phi) is 6.47. The number of benzene rings is 1. The topological polar surface area (TPSA) is 87.3 Å². The highest BCUT2D eigenvalue weighted by atomic mass is 16.2. The average molecular weight is 376 g/mol. The van der Waals surface area contributed by atoms with Gasteiger partial charge >= 0.3 is 0 Å². The standard InChI is InChI=1S/C21H33N3O3/c1-19(2,3)22-16(25)13-10-11-14(17(26)23-20(4,5)6)15(12-13)18(27)24-21(7,8)9/h10-12H,1-9H3,(H,22,25)(H,23,26)(H,24,27). The first kappa shape index (κ1) is 22.7. The molecule has 6 heteroatoms. The highest BCUT2D eigenvalue weighted by Crippen LogP contribution is 2.16. The highest BCUT2D eigenvalue weighted by Gasteiger charge is 2.25. The molecule has 0 aromatic heterocycles. The summed E-state index contributed by atoms with van der Waals surface area (Å²) >= 11 is 0. The molecule has 0 atom stereocenters. The van der Waals surface area contributed by atoms with Crippen molar-refractivity contribution in [3.63, 3.8) is 0 Å². The van der Waals surface area contributed by atoms with Gasteiger partial charge in [-0.15, -0.1) is 0 Å². The van der Waals surface area contributed by atoms with Crippen molar-refractivity contribution in [3.05, 3.63) is 34.9 Å². The Balaban J connectivity index is 3.36. The number of hydrogen-bond acceptors (Lipinski definition) is 3. The van der Waals surface area contributed by atoms with Gasteiger partial charge in [0.1, 0.15) is 0 Å². The zero-order valence-electron chi connectivity index (χ0n) is 18.0. The molecule has 0 spiro atoms. The lowest BCUT2D eigenvalue weighted by atomic mass is 9.98. The minimum atomic E-state index is -0.474. The van der Waals surface area contributed by atoms with Crippen molar-refractivity contribution in [2.45, 2.75) is 78.9 Å². The SMILES string of the molecule is CC(C)(C)NC(=O)c1ccc(C(=O)NC(C)(C)C)c(C(=O)NC(C)(C)C)c1. The third-order valence-corrected chi connectivity index (χ3v) is 3.24. The van der Waals surface area contributed by atoms with Crippen LogP contribution in [0.2, 0.25) is 0 Å². The molecule has 0 heterocycles. The maximum atomic E-state index is 12.8. The predicted molar refractivity (Wildman–Crippen MR) is 108 cm³/mol. The molecule has 0 bridgehead atoms. The fourth-order valence-corrected chi connectivity index (χ4v) is 2.30. The molecule has 0 saturated carbocycles. The molecule has 0 aliphatic carbocycles. The minimum Gasteiger partial charge on any atom is -0.347 e. The van der Waals surface area contributed by atoms with Crippen LogP contribution < -0.4 is 16.0 Å². The predicted octanol–water partition coefficient (Wildman–Crippen LogP) is 3.27. The molecular weight excluding hydrogens is 342 g/mol. The van der Waals surface area contributed by atoms with Crippen LogP contribution in [0.3, 0.4) is 0 Å². The molecule has 0 aliphatic heterocycles. The van der Waals surface area contributed by atoms with Crippen molar-refractivity contribution in [1.82, 2.24) is 16.0 Å². The van der Waals surface area contributed by atoms with Gasteiger partial charge in [-0.2, -0.15) is 0 Å². The van der Waals surface area contributed by atoms with Crippen LogP contribution in [-0.4, -0.2) is 34.3 Å². The molecule has 0 unspecified atom stereocenters. The maximum Gasteiger partial charge on any atom is 0.252 e. The highest BCUT2D eigenvalue weighted by molar-refractivity contribution is 6.09. The van der Waals surface area contributed by atoms with Gasteiger partial charge in [-0.3, -0.25) is 14.4 Å². The quantitative estimate of drug-likeness (QED) is 0.758. The zero-order valence-corrected chi connectivity index (χ0v) is 18.0. The molecule has 6 nitrogen and oxygen atoms in total. The lowest BCUT2D eigenvalue weighted by Gasteiger charge is -2.24. The number of hydrogen-bond donors (Lipinski definition) is 3. The van der Waals surface area contributed by atoms with E-state index in [1.54, 1.807) is 6.07 Å². The summed E-state index contributed by atoms with van der Waals surface area (Å²) in [5.74, 6) is -1.05. The number of carbonyl (C=O) groups excluding carboxylic acids is 3. The van der Waals surface area contributed by atoms with Gasteiger partial charge in [0.05, 0.1) is 11.1 Å². The van der Waals surface area contributed by atoms with Gasteiger partial charge in [0.25, 0.3) is 17.7 Å². The fraction of sp³-hybridized carbons (Fsp3) is 0.571. The van der Waals surface area contributed by atoms with Crippen LogP contribution in [0.1, 0.15) is 93.4 Å². The van der Waals surface area contributed by atoms with E-state index in [1.807, 2.05) is 62.3 Å². The smallest absolute Gasteiger partial charge is 0.252 e. The number of rotatable bonds is 3. The molecule has 1 aromatic carbocycles. The summed E-state index contributed by atoms with van der Waals surface area (Å²) in [5.41, 5.74) is -0.591. The Morgan fingerprint density at radius 2 is 0.963 bits per heavy atom. The van der Waals surface area contributed by atoms with E-state index in [4.69, 9.17) is 0 Å². The molecule has 3 N–H and O–H groups in total. The zero-order chi connectivity index (χ0) is 21.2. The van der Waals surface area contributed by atoms with Gasteiger partial charge in [0.2, 0.25) is 0 Å². The molecule has 0 radical (unpaired) electrons. The van der Waals surface area contributed by atoms with E-state index in [2.05, 4.69) is 16.0 Å². The van der Waals surface area contributed by atoms with Crippen molar-refractivity contribution in [3.8, 4) is 0 Å². The second-order valence-corrected chi connectivity index (χ2v) is 9.87. The Morgan fingerprint density at radius 1 is 0.593 bits per heavy atom. The largest absolute Gasteiger partial charge is 0.347 e. The van der Waals surface area contributed by atoms with E-state index < -0.39 is 22.5 Å². The van der Waals surface area contributed by atoms with Gasteiger partial charge < -0.3 is 16.0 Å². The number of carbonyl (C=O) groups is 3. The minimum absolute atomic E-state index is 0.174. The molecule has 3 amide bonds. The molecule has 1 rings (SSSR count). The van der Waals surface area contributed by atoms with Crippen LogP contribution in [-0.2, 0) is 0 Å². The summed E-state index contributed by atoms with van der Waals surface area (Å²) in [5, 5.41) is 8.58. The van der Waals surface area contributed by atoms with Crippen molar-refractivity contribution in [1.29, 1.82) is 0 Å². The molecule has 27 heavy (non-hydrogen) atoms. The van der Waals surface area contributed by atoms with Gasteiger partial charge in [-0.05, 0) is 80.5 Å². The lowest BCUT2D eigenvalue weighted by Crippen LogP contribution is -2.44.